The van der Waals surface area contributed by atoms with Crippen LogP contribution < -0.4 is 5.32 Å². The summed E-state index contributed by atoms with van der Waals surface area (Å²) >= 11 is 0. The van der Waals surface area contributed by atoms with Gasteiger partial charge in [-0.2, -0.15) is 0 Å². The lowest BCUT2D eigenvalue weighted by Gasteiger charge is -2.36. The first-order chi connectivity index (χ1) is 7.49. The average Bonchev–Trinajstić information content (AvgIpc) is 2.28. The van der Waals surface area contributed by atoms with Crippen molar-refractivity contribution in [2.75, 3.05) is 27.2 Å². The number of nitrogens with one attached hydrogen (secondary N) is 1. The van der Waals surface area contributed by atoms with E-state index in [1.165, 1.54) is 12.0 Å². The number of likely N-dealkylation sites (N-methyl/N-ethyl adjacent to an activating group) is 1. The van der Waals surface area contributed by atoms with Crippen molar-refractivity contribution in [2.45, 2.75) is 31.7 Å². The molecule has 5 heteroatoms. The lowest BCUT2D eigenvalue weighted by Crippen LogP contribution is -2.57. The third kappa shape index (κ3) is 2.95. The van der Waals surface area contributed by atoms with Crippen molar-refractivity contribution in [3.8, 4) is 0 Å². The largest absolute Gasteiger partial charge is 0.468 e. The fraction of sp³-hybridized carbons (Fsp3) is 0.818. The monoisotopic (exact) mass is 228 g/mol. The molecule has 0 aromatic heterocycles. The van der Waals surface area contributed by atoms with E-state index in [0.717, 1.165) is 25.8 Å². The molecule has 1 heterocycles. The highest BCUT2D eigenvalue weighted by molar-refractivity contribution is 5.88. The van der Waals surface area contributed by atoms with Crippen LogP contribution in [0.5, 0.6) is 0 Å². The Labute approximate surface area is 96.1 Å². The molecule has 1 N–H and O–H groups in total. The molecule has 0 spiro atoms. The van der Waals surface area contributed by atoms with Gasteiger partial charge in [0, 0.05) is 7.05 Å². The maximum Gasteiger partial charge on any atom is 0.325 e. The summed E-state index contributed by atoms with van der Waals surface area (Å²) in [7, 11) is 2.95. The average molecular weight is 228 g/mol. The van der Waals surface area contributed by atoms with E-state index in [0.29, 0.717) is 0 Å². The number of esters is 1. The lowest BCUT2D eigenvalue weighted by molar-refractivity contribution is -0.148. The Kier molecular flexibility index (Phi) is 4.29. The molecule has 16 heavy (non-hydrogen) atoms. The molecule has 0 radical (unpaired) electrons. The molecule has 1 atom stereocenters. The first kappa shape index (κ1) is 13.0. The third-order valence-corrected chi connectivity index (χ3v) is 3.03. The first-order valence-corrected chi connectivity index (χ1v) is 5.57. The number of ether oxygens (including phenoxy) is 1. The number of carbonyl (C=O) groups excluding carboxylic acids is 2. The van der Waals surface area contributed by atoms with E-state index in [-0.39, 0.29) is 12.5 Å². The molecular weight excluding hydrogens is 208 g/mol. The van der Waals surface area contributed by atoms with Gasteiger partial charge in [-0.25, -0.2) is 0 Å². The summed E-state index contributed by atoms with van der Waals surface area (Å²) in [6.45, 7) is 2.75. The minimum absolute atomic E-state index is 0.00655. The van der Waals surface area contributed by atoms with E-state index in [9.17, 15) is 9.59 Å². The van der Waals surface area contributed by atoms with E-state index in [2.05, 4.69) is 10.1 Å². The smallest absolute Gasteiger partial charge is 0.325 e. The molecule has 0 bridgehead atoms. The van der Waals surface area contributed by atoms with Crippen LogP contribution in [-0.4, -0.2) is 49.6 Å². The highest BCUT2D eigenvalue weighted by atomic mass is 16.5. The van der Waals surface area contributed by atoms with Gasteiger partial charge in [0.15, 0.2) is 0 Å². The molecule has 5 nitrogen and oxygen atoms in total. The number of piperidine rings is 1. The van der Waals surface area contributed by atoms with Crippen LogP contribution in [0.1, 0.15) is 26.2 Å². The van der Waals surface area contributed by atoms with Gasteiger partial charge in [0.05, 0.1) is 12.6 Å². The Bertz CT molecular complexity index is 272. The van der Waals surface area contributed by atoms with Crippen molar-refractivity contribution < 1.29 is 14.3 Å². The van der Waals surface area contributed by atoms with Crippen LogP contribution in [0.15, 0.2) is 0 Å². The van der Waals surface area contributed by atoms with Crippen molar-refractivity contribution in [3.05, 3.63) is 0 Å². The van der Waals surface area contributed by atoms with Crippen LogP contribution >= 0.6 is 0 Å². The van der Waals surface area contributed by atoms with Gasteiger partial charge in [-0.05, 0) is 32.7 Å². The number of hydrogen-bond acceptors (Lipinski definition) is 4. The van der Waals surface area contributed by atoms with Crippen LogP contribution in [0.2, 0.25) is 0 Å². The first-order valence-electron chi connectivity index (χ1n) is 5.57. The van der Waals surface area contributed by atoms with Crippen LogP contribution in [0.25, 0.3) is 0 Å². The van der Waals surface area contributed by atoms with Crippen molar-refractivity contribution in [1.82, 2.24) is 10.2 Å². The van der Waals surface area contributed by atoms with Crippen LogP contribution in [-0.2, 0) is 14.3 Å². The summed E-state index contributed by atoms with van der Waals surface area (Å²) in [5.41, 5.74) is -0.527. The predicted molar refractivity (Wildman–Crippen MR) is 59.9 cm³/mol. The summed E-state index contributed by atoms with van der Waals surface area (Å²) < 4.78 is 4.54. The standard InChI is InChI=1S/C11H20N2O3/c1-11(6-4-5-7-12-11)10(15)13(2)8-9(14)16-3/h12H,4-8H2,1-3H3. The Morgan fingerprint density at radius 2 is 2.12 bits per heavy atom. The number of methoxy groups -OCH3 is 1. The third-order valence-electron chi connectivity index (χ3n) is 3.03. The molecule has 1 saturated heterocycles. The van der Waals surface area contributed by atoms with Gasteiger partial charge in [0.2, 0.25) is 5.91 Å². The van der Waals surface area contributed by atoms with E-state index in [1.807, 2.05) is 6.92 Å². The highest BCUT2D eigenvalue weighted by Crippen LogP contribution is 2.20. The molecule has 92 valence electrons. The van der Waals surface area contributed by atoms with E-state index in [4.69, 9.17) is 0 Å². The zero-order chi connectivity index (χ0) is 12.2. The Morgan fingerprint density at radius 3 is 2.62 bits per heavy atom. The van der Waals surface area contributed by atoms with Crippen LogP contribution in [0.3, 0.4) is 0 Å². The Hall–Kier alpha value is -1.10. The minimum atomic E-state index is -0.527. The molecule has 1 unspecified atom stereocenters. The summed E-state index contributed by atoms with van der Waals surface area (Å²) in [6.07, 6.45) is 2.96. The molecule has 1 amide bonds. The van der Waals surface area contributed by atoms with Gasteiger partial charge < -0.3 is 15.0 Å². The summed E-state index contributed by atoms with van der Waals surface area (Å²) in [5.74, 6) is -0.437. The molecule has 1 fully saturated rings. The number of carbonyl (C=O) groups is 2. The number of hydrogen-bond donors (Lipinski definition) is 1. The Balaban J connectivity index is 2.58. The van der Waals surface area contributed by atoms with Gasteiger partial charge in [0.1, 0.15) is 6.54 Å². The van der Waals surface area contributed by atoms with E-state index in [1.54, 1.807) is 7.05 Å². The zero-order valence-electron chi connectivity index (χ0n) is 10.2. The van der Waals surface area contributed by atoms with Gasteiger partial charge in [-0.3, -0.25) is 9.59 Å². The Morgan fingerprint density at radius 1 is 1.44 bits per heavy atom. The summed E-state index contributed by atoms with van der Waals surface area (Å²) in [4.78, 5) is 24.6. The predicted octanol–water partition coefficient (Wildman–Crippen LogP) is 0.150. The lowest BCUT2D eigenvalue weighted by atomic mass is 9.89. The van der Waals surface area contributed by atoms with Gasteiger partial charge >= 0.3 is 5.97 Å². The maximum absolute atomic E-state index is 12.1. The zero-order valence-corrected chi connectivity index (χ0v) is 10.2. The molecule has 1 aliphatic heterocycles. The summed E-state index contributed by atoms with van der Waals surface area (Å²) in [6, 6.07) is 0. The van der Waals surface area contributed by atoms with Gasteiger partial charge in [-0.1, -0.05) is 0 Å². The van der Waals surface area contributed by atoms with Crippen LogP contribution in [0, 0.1) is 0 Å². The molecule has 0 aromatic rings. The molecule has 1 rings (SSSR count). The maximum atomic E-state index is 12.1. The van der Waals surface area contributed by atoms with E-state index < -0.39 is 11.5 Å². The fourth-order valence-corrected chi connectivity index (χ4v) is 1.99. The van der Waals surface area contributed by atoms with Crippen molar-refractivity contribution >= 4 is 11.9 Å². The fourth-order valence-electron chi connectivity index (χ4n) is 1.99. The quantitative estimate of drug-likeness (QED) is 0.699. The number of nitrogens with zero attached hydrogens (tertiary/aromatic N) is 1. The van der Waals surface area contributed by atoms with E-state index >= 15 is 0 Å². The number of rotatable bonds is 3. The normalized spacial score (nSPS) is 24.9. The van der Waals surface area contributed by atoms with Crippen molar-refractivity contribution in [3.63, 3.8) is 0 Å². The van der Waals surface area contributed by atoms with Gasteiger partial charge in [0.25, 0.3) is 0 Å². The topological polar surface area (TPSA) is 58.6 Å². The second-order valence-electron chi connectivity index (χ2n) is 4.45. The van der Waals surface area contributed by atoms with Crippen molar-refractivity contribution in [1.29, 1.82) is 0 Å². The molecule has 0 aromatic carbocycles. The highest BCUT2D eigenvalue weighted by Gasteiger charge is 2.36. The molecule has 0 saturated carbocycles. The molecule has 0 aliphatic carbocycles. The second kappa shape index (κ2) is 5.30. The second-order valence-corrected chi connectivity index (χ2v) is 4.45. The molecular formula is C11H20N2O3. The minimum Gasteiger partial charge on any atom is -0.468 e. The van der Waals surface area contributed by atoms with Crippen LogP contribution in [0.4, 0.5) is 0 Å². The number of amides is 1. The van der Waals surface area contributed by atoms with Gasteiger partial charge in [-0.15, -0.1) is 0 Å². The molecule has 1 aliphatic rings. The van der Waals surface area contributed by atoms with Crippen molar-refractivity contribution in [2.24, 2.45) is 0 Å². The summed E-state index contributed by atoms with van der Waals surface area (Å²) in [5, 5.41) is 3.22. The SMILES string of the molecule is COC(=O)CN(C)C(=O)C1(C)CCCCN1.